The number of hydrogen-bond acceptors (Lipinski definition) is 2. The van der Waals surface area contributed by atoms with Crippen molar-refractivity contribution >= 4 is 11.6 Å². The van der Waals surface area contributed by atoms with E-state index >= 15 is 0 Å². The topological polar surface area (TPSA) is 44.1 Å². The van der Waals surface area contributed by atoms with E-state index in [2.05, 4.69) is 0 Å². The molecule has 0 aliphatic rings. The van der Waals surface area contributed by atoms with Crippen LogP contribution in [0.25, 0.3) is 0 Å². The summed E-state index contributed by atoms with van der Waals surface area (Å²) >= 11 is 0. The second-order valence-electron chi connectivity index (χ2n) is 3.41. The molecule has 0 heterocycles. The van der Waals surface area contributed by atoms with E-state index in [0.717, 1.165) is 4.90 Å². The van der Waals surface area contributed by atoms with Gasteiger partial charge < -0.3 is 4.90 Å². The van der Waals surface area contributed by atoms with Crippen LogP contribution in [0.5, 0.6) is 0 Å². The lowest BCUT2D eigenvalue weighted by Gasteiger charge is -2.18. The zero-order chi connectivity index (χ0) is 13.1. The lowest BCUT2D eigenvalue weighted by atomic mass is 10.2. The fraction of sp³-hybridized carbons (Fsp3) is 0.273. The van der Waals surface area contributed by atoms with Crippen molar-refractivity contribution < 1.29 is 18.0 Å². The molecule has 1 amide bonds. The maximum absolute atomic E-state index is 12.0. The summed E-state index contributed by atoms with van der Waals surface area (Å²) in [6.07, 6.45) is -6.04. The molecule has 3 nitrogen and oxygen atoms in total. The monoisotopic (exact) mass is 242 g/mol. The number of halogens is 3. The summed E-state index contributed by atoms with van der Waals surface area (Å²) < 4.78 is 36.1. The van der Waals surface area contributed by atoms with Gasteiger partial charge in [0.1, 0.15) is 6.42 Å². The van der Waals surface area contributed by atoms with E-state index in [0.29, 0.717) is 0 Å². The number of hydrogen-bond donors (Lipinski definition) is 0. The largest absolute Gasteiger partial charge is 0.397 e. The van der Waals surface area contributed by atoms with Crippen LogP contribution in [0.15, 0.2) is 24.3 Å². The Morgan fingerprint density at radius 3 is 2.65 bits per heavy atom. The first-order valence-corrected chi connectivity index (χ1v) is 4.67. The highest BCUT2D eigenvalue weighted by Gasteiger charge is 2.32. The summed E-state index contributed by atoms with van der Waals surface area (Å²) in [4.78, 5) is 12.2. The molecule has 0 aliphatic heterocycles. The SMILES string of the molecule is CN(C(=O)CC(F)(F)F)c1cccc(C#N)c1. The number of rotatable bonds is 2. The van der Waals surface area contributed by atoms with Gasteiger partial charge in [-0.1, -0.05) is 6.07 Å². The fourth-order valence-electron chi connectivity index (χ4n) is 1.22. The minimum atomic E-state index is -4.53. The Labute approximate surface area is 96.1 Å². The molecule has 0 N–H and O–H groups in total. The molecule has 6 heteroatoms. The van der Waals surface area contributed by atoms with Crippen LogP contribution in [0.3, 0.4) is 0 Å². The van der Waals surface area contributed by atoms with Crippen molar-refractivity contribution in [2.45, 2.75) is 12.6 Å². The molecule has 0 saturated heterocycles. The van der Waals surface area contributed by atoms with Gasteiger partial charge in [0.15, 0.2) is 0 Å². The van der Waals surface area contributed by atoms with Gasteiger partial charge in [0.2, 0.25) is 5.91 Å². The van der Waals surface area contributed by atoms with Gasteiger partial charge in [0, 0.05) is 12.7 Å². The Hall–Kier alpha value is -2.03. The number of nitrogens with zero attached hydrogens (tertiary/aromatic N) is 2. The first-order chi connectivity index (χ1) is 7.83. The van der Waals surface area contributed by atoms with Crippen LogP contribution in [0.2, 0.25) is 0 Å². The van der Waals surface area contributed by atoms with Crippen LogP contribution in [-0.2, 0) is 4.79 Å². The highest BCUT2D eigenvalue weighted by Crippen LogP contribution is 2.23. The maximum Gasteiger partial charge on any atom is 0.397 e. The second kappa shape index (κ2) is 4.87. The average Bonchev–Trinajstić information content (AvgIpc) is 2.26. The summed E-state index contributed by atoms with van der Waals surface area (Å²) in [7, 11) is 1.24. The molecule has 0 unspecified atom stereocenters. The molecule has 0 aromatic heterocycles. The second-order valence-corrected chi connectivity index (χ2v) is 3.41. The van der Waals surface area contributed by atoms with E-state index in [-0.39, 0.29) is 11.3 Å². The van der Waals surface area contributed by atoms with E-state index < -0.39 is 18.5 Å². The van der Waals surface area contributed by atoms with Gasteiger partial charge in [0.05, 0.1) is 11.6 Å². The lowest BCUT2D eigenvalue weighted by Crippen LogP contribution is -2.30. The summed E-state index contributed by atoms with van der Waals surface area (Å²) in [6, 6.07) is 7.68. The fourth-order valence-corrected chi connectivity index (χ4v) is 1.22. The Bertz CT molecular complexity index is 463. The average molecular weight is 242 g/mol. The normalized spacial score (nSPS) is 10.8. The third-order valence-electron chi connectivity index (χ3n) is 2.09. The predicted molar refractivity (Wildman–Crippen MR) is 55.2 cm³/mol. The number of alkyl halides is 3. The van der Waals surface area contributed by atoms with Crippen molar-refractivity contribution in [2.24, 2.45) is 0 Å². The highest BCUT2D eigenvalue weighted by atomic mass is 19.4. The van der Waals surface area contributed by atoms with Gasteiger partial charge in [0.25, 0.3) is 0 Å². The third-order valence-corrected chi connectivity index (χ3v) is 2.09. The standard InChI is InChI=1S/C11H9F3N2O/c1-16(10(17)6-11(12,13)14)9-4-2-3-8(5-9)7-15/h2-5H,6H2,1H3. The van der Waals surface area contributed by atoms with E-state index in [1.54, 1.807) is 0 Å². The first kappa shape index (κ1) is 13.0. The summed E-state index contributed by atoms with van der Waals surface area (Å²) in [6.45, 7) is 0. The van der Waals surface area contributed by atoms with Crippen molar-refractivity contribution in [1.82, 2.24) is 0 Å². The van der Waals surface area contributed by atoms with Crippen LogP contribution >= 0.6 is 0 Å². The van der Waals surface area contributed by atoms with Gasteiger partial charge in [-0.05, 0) is 18.2 Å². The zero-order valence-corrected chi connectivity index (χ0v) is 8.95. The van der Waals surface area contributed by atoms with E-state index in [1.165, 1.54) is 31.3 Å². The molecule has 0 spiro atoms. The molecule has 0 bridgehead atoms. The van der Waals surface area contributed by atoms with Crippen molar-refractivity contribution in [1.29, 1.82) is 5.26 Å². The van der Waals surface area contributed by atoms with E-state index in [1.807, 2.05) is 6.07 Å². The van der Waals surface area contributed by atoms with Gasteiger partial charge in [-0.25, -0.2) is 0 Å². The molecule has 17 heavy (non-hydrogen) atoms. The molecule has 0 radical (unpaired) electrons. The first-order valence-electron chi connectivity index (χ1n) is 4.67. The van der Waals surface area contributed by atoms with Crippen molar-refractivity contribution in [3.05, 3.63) is 29.8 Å². The number of benzene rings is 1. The highest BCUT2D eigenvalue weighted by molar-refractivity contribution is 5.93. The molecule has 0 atom stereocenters. The van der Waals surface area contributed by atoms with Gasteiger partial charge in [-0.3, -0.25) is 4.79 Å². The zero-order valence-electron chi connectivity index (χ0n) is 8.95. The van der Waals surface area contributed by atoms with Gasteiger partial charge >= 0.3 is 6.18 Å². The van der Waals surface area contributed by atoms with Gasteiger partial charge in [-0.2, -0.15) is 18.4 Å². The van der Waals surface area contributed by atoms with E-state index in [4.69, 9.17) is 5.26 Å². The van der Waals surface area contributed by atoms with E-state index in [9.17, 15) is 18.0 Å². The predicted octanol–water partition coefficient (Wildman–Crippen LogP) is 2.47. The molecule has 0 saturated carbocycles. The Balaban J connectivity index is 2.86. The van der Waals surface area contributed by atoms with Crippen LogP contribution in [-0.4, -0.2) is 19.1 Å². The molecule has 0 fully saturated rings. The quantitative estimate of drug-likeness (QED) is 0.799. The number of anilines is 1. The Morgan fingerprint density at radius 2 is 2.12 bits per heavy atom. The smallest absolute Gasteiger partial charge is 0.315 e. The summed E-state index contributed by atoms with van der Waals surface area (Å²) in [5.74, 6) is -1.06. The molecule has 1 rings (SSSR count). The van der Waals surface area contributed by atoms with Crippen LogP contribution in [0.1, 0.15) is 12.0 Å². The summed E-state index contributed by atoms with van der Waals surface area (Å²) in [5.41, 5.74) is 0.549. The van der Waals surface area contributed by atoms with Crippen molar-refractivity contribution in [3.8, 4) is 6.07 Å². The molecule has 90 valence electrons. The van der Waals surface area contributed by atoms with Crippen LogP contribution in [0, 0.1) is 11.3 Å². The number of carbonyl (C=O) groups excluding carboxylic acids is 1. The van der Waals surface area contributed by atoms with Crippen LogP contribution < -0.4 is 4.90 Å². The Morgan fingerprint density at radius 1 is 1.47 bits per heavy atom. The lowest BCUT2D eigenvalue weighted by molar-refractivity contribution is -0.151. The molecular formula is C11H9F3N2O. The molecule has 0 aliphatic carbocycles. The number of carbonyl (C=O) groups is 1. The Kier molecular flexibility index (Phi) is 3.73. The number of nitriles is 1. The molecule has 1 aromatic carbocycles. The van der Waals surface area contributed by atoms with Crippen molar-refractivity contribution in [3.63, 3.8) is 0 Å². The molecular weight excluding hydrogens is 233 g/mol. The minimum Gasteiger partial charge on any atom is -0.315 e. The minimum absolute atomic E-state index is 0.262. The molecule has 1 aromatic rings. The maximum atomic E-state index is 12.0. The van der Waals surface area contributed by atoms with Crippen LogP contribution in [0.4, 0.5) is 18.9 Å². The summed E-state index contributed by atoms with van der Waals surface area (Å²) in [5, 5.41) is 8.64. The number of amides is 1. The third kappa shape index (κ3) is 3.79. The van der Waals surface area contributed by atoms with Crippen molar-refractivity contribution in [2.75, 3.05) is 11.9 Å². The van der Waals surface area contributed by atoms with Gasteiger partial charge in [-0.15, -0.1) is 0 Å².